The highest BCUT2D eigenvalue weighted by Gasteiger charge is 2.26. The molecule has 5 nitrogen and oxygen atoms in total. The average Bonchev–Trinajstić information content (AvgIpc) is 3.16. The molecule has 294 valence electrons. The van der Waals surface area contributed by atoms with Crippen LogP contribution in [0.5, 0.6) is 0 Å². The van der Waals surface area contributed by atoms with Gasteiger partial charge in [-0.3, -0.25) is 9.59 Å². The van der Waals surface area contributed by atoms with Crippen LogP contribution in [0.15, 0.2) is 78.0 Å². The molecule has 0 aliphatic rings. The molecule has 0 fully saturated rings. The number of carbonyl (C=O) groups excluding carboxylic acids is 2. The molecule has 0 aliphatic carbocycles. The second kappa shape index (κ2) is 38.5. The highest BCUT2D eigenvalue weighted by molar-refractivity contribution is 8.77. The van der Waals surface area contributed by atoms with Crippen LogP contribution < -0.4 is 0 Å². The first kappa shape index (κ1) is 47.8. The molecule has 52 heavy (non-hydrogen) atoms. The molecule has 1 heterocycles. The number of allylic oxidation sites excluding steroid dienone is 8. The number of rotatable bonds is 36. The molecular formula is C45H73NO4S2. The summed E-state index contributed by atoms with van der Waals surface area (Å²) in [6, 6.07) is 5.67. The summed E-state index contributed by atoms with van der Waals surface area (Å²) in [5, 5.41) is 0.171. The molecule has 7 heteroatoms. The predicted molar refractivity (Wildman–Crippen MR) is 227 cm³/mol. The van der Waals surface area contributed by atoms with E-state index in [-0.39, 0.29) is 18.4 Å². The minimum atomic E-state index is -0.625. The van der Waals surface area contributed by atoms with Gasteiger partial charge in [0.25, 0.3) is 0 Å². The van der Waals surface area contributed by atoms with Crippen LogP contribution in [0.2, 0.25) is 0 Å². The number of pyridine rings is 1. The molecule has 1 atom stereocenters. The van der Waals surface area contributed by atoms with Crippen LogP contribution >= 0.6 is 21.6 Å². The molecule has 1 aromatic heterocycles. The quantitative estimate of drug-likeness (QED) is 0.0292. The summed E-state index contributed by atoms with van der Waals surface area (Å²) in [7, 11) is 2.72. The Labute approximate surface area is 327 Å². The number of nitrogens with zero attached hydrogens (tertiary/aromatic N) is 1. The van der Waals surface area contributed by atoms with Crippen LogP contribution in [-0.2, 0) is 19.1 Å². The Morgan fingerprint density at radius 2 is 1.06 bits per heavy atom. The van der Waals surface area contributed by atoms with Gasteiger partial charge < -0.3 is 9.47 Å². The number of hydrogen-bond donors (Lipinski definition) is 0. The fourth-order valence-electron chi connectivity index (χ4n) is 5.50. The molecule has 0 saturated carbocycles. The molecule has 1 aromatic rings. The lowest BCUT2D eigenvalue weighted by atomic mass is 10.1. The standard InChI is InChI=1S/C45H73NO4S2/c1-3-5-7-9-11-13-15-17-19-21-23-25-27-29-31-35-39-49-44(47)41-42(51-52-43-37-33-34-38-46-43)45(48)50-40-36-32-30-28-26-24-22-20-18-16-14-12-10-8-6-4-2/h11-14,17-20,33-34,37-38,42H,3-10,15-16,21-32,35-36,39-41H2,1-2H3/b13-11-,14-12-,19-17-,20-18-. The molecule has 0 bridgehead atoms. The summed E-state index contributed by atoms with van der Waals surface area (Å²) in [5.41, 5.74) is 0. The first-order valence-corrected chi connectivity index (χ1v) is 23.0. The van der Waals surface area contributed by atoms with Gasteiger partial charge >= 0.3 is 11.9 Å². The van der Waals surface area contributed by atoms with E-state index in [0.717, 1.165) is 69.2 Å². The lowest BCUT2D eigenvalue weighted by molar-refractivity contribution is -0.149. The Kier molecular flexibility index (Phi) is 35.3. The Morgan fingerprint density at radius 3 is 1.54 bits per heavy atom. The van der Waals surface area contributed by atoms with Gasteiger partial charge in [-0.05, 0) is 100.0 Å². The summed E-state index contributed by atoms with van der Waals surface area (Å²) >= 11 is 0. The van der Waals surface area contributed by atoms with Crippen molar-refractivity contribution in [3.05, 3.63) is 73.0 Å². The zero-order valence-corrected chi connectivity index (χ0v) is 34.6. The smallest absolute Gasteiger partial charge is 0.320 e. The fraction of sp³-hybridized carbons (Fsp3) is 0.667. The minimum absolute atomic E-state index is 0.00912. The van der Waals surface area contributed by atoms with Crippen LogP contribution in [0.1, 0.15) is 174 Å². The van der Waals surface area contributed by atoms with Crippen molar-refractivity contribution in [3.8, 4) is 0 Å². The van der Waals surface area contributed by atoms with E-state index in [9.17, 15) is 9.59 Å². The molecule has 0 saturated heterocycles. The Bertz CT molecular complexity index is 1070. The highest BCUT2D eigenvalue weighted by Crippen LogP contribution is 2.35. The maximum absolute atomic E-state index is 13.0. The van der Waals surface area contributed by atoms with Gasteiger partial charge in [-0.2, -0.15) is 0 Å². The van der Waals surface area contributed by atoms with Crippen molar-refractivity contribution in [1.82, 2.24) is 4.98 Å². The van der Waals surface area contributed by atoms with Gasteiger partial charge in [0.2, 0.25) is 0 Å². The Hall–Kier alpha value is -2.25. The van der Waals surface area contributed by atoms with Crippen LogP contribution in [0.3, 0.4) is 0 Å². The molecule has 1 unspecified atom stereocenters. The normalized spacial score (nSPS) is 12.5. The van der Waals surface area contributed by atoms with E-state index >= 15 is 0 Å². The molecule has 1 rings (SSSR count). The molecule has 0 N–H and O–H groups in total. The second-order valence-electron chi connectivity index (χ2n) is 13.6. The van der Waals surface area contributed by atoms with Gasteiger partial charge in [-0.15, -0.1) is 0 Å². The van der Waals surface area contributed by atoms with E-state index in [0.29, 0.717) is 13.2 Å². The molecule has 0 aromatic carbocycles. The highest BCUT2D eigenvalue weighted by atomic mass is 33.1. The zero-order chi connectivity index (χ0) is 37.4. The van der Waals surface area contributed by atoms with E-state index in [4.69, 9.17) is 9.47 Å². The number of aromatic nitrogens is 1. The van der Waals surface area contributed by atoms with E-state index in [1.165, 1.54) is 111 Å². The molecular weight excluding hydrogens is 683 g/mol. The molecule has 0 aliphatic heterocycles. The van der Waals surface area contributed by atoms with E-state index in [1.54, 1.807) is 6.20 Å². The van der Waals surface area contributed by atoms with E-state index in [1.807, 2.05) is 18.2 Å². The number of hydrogen-bond acceptors (Lipinski definition) is 7. The molecule has 0 amide bonds. The van der Waals surface area contributed by atoms with Crippen LogP contribution in [0.25, 0.3) is 0 Å². The van der Waals surface area contributed by atoms with Gasteiger partial charge in [0.15, 0.2) is 0 Å². The maximum atomic E-state index is 13.0. The zero-order valence-electron chi connectivity index (χ0n) is 33.0. The predicted octanol–water partition coefficient (Wildman–Crippen LogP) is 14.3. The van der Waals surface area contributed by atoms with Crippen molar-refractivity contribution < 1.29 is 19.1 Å². The summed E-state index contributed by atoms with van der Waals surface area (Å²) in [6.45, 7) is 5.28. The van der Waals surface area contributed by atoms with E-state index < -0.39 is 5.25 Å². The first-order chi connectivity index (χ1) is 25.7. The van der Waals surface area contributed by atoms with Crippen molar-refractivity contribution >= 4 is 33.5 Å². The SMILES string of the molecule is CCCCC/C=C\C/C=C\CCCCCCCCOC(=O)CC(SSc1ccccn1)C(=O)OCCCCCCCC/C=C\C/C=C\CCCCC. The number of esters is 2. The maximum Gasteiger partial charge on any atom is 0.320 e. The summed E-state index contributed by atoms with van der Waals surface area (Å²) in [6.07, 6.45) is 48.2. The minimum Gasteiger partial charge on any atom is -0.466 e. The van der Waals surface area contributed by atoms with Gasteiger partial charge in [0.1, 0.15) is 10.3 Å². The topological polar surface area (TPSA) is 65.5 Å². The third-order valence-electron chi connectivity index (χ3n) is 8.70. The second-order valence-corrected chi connectivity index (χ2v) is 16.0. The van der Waals surface area contributed by atoms with Crippen molar-refractivity contribution in [1.29, 1.82) is 0 Å². The summed E-state index contributed by atoms with van der Waals surface area (Å²) < 4.78 is 11.2. The lowest BCUT2D eigenvalue weighted by Crippen LogP contribution is -2.24. The van der Waals surface area contributed by atoms with Gasteiger partial charge in [-0.25, -0.2) is 4.98 Å². The van der Waals surface area contributed by atoms with Crippen LogP contribution in [-0.4, -0.2) is 35.4 Å². The Morgan fingerprint density at radius 1 is 0.596 bits per heavy atom. The van der Waals surface area contributed by atoms with Gasteiger partial charge in [0, 0.05) is 6.20 Å². The van der Waals surface area contributed by atoms with Gasteiger partial charge in [0.05, 0.1) is 19.6 Å². The molecule has 0 spiro atoms. The number of ether oxygens (including phenoxy) is 2. The monoisotopic (exact) mass is 755 g/mol. The number of unbranched alkanes of at least 4 members (excludes halogenated alkanes) is 18. The summed E-state index contributed by atoms with van der Waals surface area (Å²) in [4.78, 5) is 30.0. The lowest BCUT2D eigenvalue weighted by Gasteiger charge is -2.15. The van der Waals surface area contributed by atoms with Crippen molar-refractivity contribution in [2.75, 3.05) is 13.2 Å². The van der Waals surface area contributed by atoms with Gasteiger partial charge in [-0.1, -0.05) is 156 Å². The third-order valence-corrected chi connectivity index (χ3v) is 11.3. The third kappa shape index (κ3) is 32.4. The van der Waals surface area contributed by atoms with Crippen LogP contribution in [0, 0.1) is 0 Å². The van der Waals surface area contributed by atoms with Crippen LogP contribution in [0.4, 0.5) is 0 Å². The van der Waals surface area contributed by atoms with Crippen molar-refractivity contribution in [3.63, 3.8) is 0 Å². The van der Waals surface area contributed by atoms with E-state index in [2.05, 4.69) is 67.4 Å². The average molecular weight is 756 g/mol. The fourth-order valence-corrected chi connectivity index (χ4v) is 7.69. The van der Waals surface area contributed by atoms with Crippen molar-refractivity contribution in [2.24, 2.45) is 0 Å². The first-order valence-electron chi connectivity index (χ1n) is 20.8. The van der Waals surface area contributed by atoms with Crippen molar-refractivity contribution in [2.45, 2.75) is 185 Å². The summed E-state index contributed by atoms with van der Waals surface area (Å²) in [5.74, 6) is -0.686. The molecule has 0 radical (unpaired) electrons. The largest absolute Gasteiger partial charge is 0.466 e. The Balaban J connectivity index is 2.17. The number of carbonyl (C=O) groups is 2.